The lowest BCUT2D eigenvalue weighted by atomic mass is 10.1. The number of ether oxygens (including phenoxy) is 1. The molecule has 0 bridgehead atoms. The van der Waals surface area contributed by atoms with E-state index in [2.05, 4.69) is 19.2 Å². The largest absolute Gasteiger partial charge is 0.381 e. The summed E-state index contributed by atoms with van der Waals surface area (Å²) in [6.45, 7) is 7.15. The van der Waals surface area contributed by atoms with Gasteiger partial charge in [0.05, 0.1) is 6.61 Å². The van der Waals surface area contributed by atoms with Crippen LogP contribution in [0.4, 0.5) is 0 Å². The third kappa shape index (κ3) is 3.45. The van der Waals surface area contributed by atoms with Gasteiger partial charge in [-0.05, 0) is 19.3 Å². The molecule has 0 atom stereocenters. The highest BCUT2D eigenvalue weighted by atomic mass is 16.5. The van der Waals surface area contributed by atoms with E-state index in [1.54, 1.807) is 6.92 Å². The maximum atomic E-state index is 11.3. The Hall–Kier alpha value is -1.16. The maximum Gasteiger partial charge on any atom is 0.254 e. The minimum absolute atomic E-state index is 0.269. The van der Waals surface area contributed by atoms with Crippen LogP contribution in [0.15, 0.2) is 11.1 Å². The molecular weight excluding hydrogens is 206 g/mol. The normalized spacial score (nSPS) is 16.2. The van der Waals surface area contributed by atoms with Gasteiger partial charge in [-0.25, -0.2) is 0 Å². The van der Waals surface area contributed by atoms with Crippen LogP contribution in [0.2, 0.25) is 0 Å². The molecule has 90 valence electrons. The van der Waals surface area contributed by atoms with Crippen molar-refractivity contribution in [3.05, 3.63) is 11.1 Å². The van der Waals surface area contributed by atoms with E-state index < -0.39 is 0 Å². The number of imide groups is 1. The van der Waals surface area contributed by atoms with Crippen LogP contribution < -0.4 is 5.32 Å². The maximum absolute atomic E-state index is 11.3. The molecule has 0 aromatic carbocycles. The van der Waals surface area contributed by atoms with Gasteiger partial charge in [-0.15, -0.1) is 0 Å². The molecule has 0 radical (unpaired) electrons. The van der Waals surface area contributed by atoms with Gasteiger partial charge < -0.3 is 4.74 Å². The quantitative estimate of drug-likeness (QED) is 0.549. The van der Waals surface area contributed by atoms with Gasteiger partial charge in [0.1, 0.15) is 0 Å². The van der Waals surface area contributed by atoms with E-state index in [1.807, 2.05) is 0 Å². The van der Waals surface area contributed by atoms with Crippen LogP contribution in [0.3, 0.4) is 0 Å². The second kappa shape index (κ2) is 5.80. The summed E-state index contributed by atoms with van der Waals surface area (Å²) in [6.07, 6.45) is 1.53. The summed E-state index contributed by atoms with van der Waals surface area (Å²) in [5.74, 6) is 0.0782. The van der Waals surface area contributed by atoms with Crippen LogP contribution in [0.1, 0.15) is 33.6 Å². The van der Waals surface area contributed by atoms with Crippen molar-refractivity contribution in [2.24, 2.45) is 5.92 Å². The zero-order chi connectivity index (χ0) is 12.1. The van der Waals surface area contributed by atoms with E-state index in [9.17, 15) is 9.59 Å². The molecule has 1 aliphatic heterocycles. The fourth-order valence-corrected chi connectivity index (χ4v) is 1.48. The molecule has 0 aliphatic carbocycles. The molecule has 0 fully saturated rings. The first-order chi connectivity index (χ1) is 7.52. The SMILES string of the molecule is CC1=C(CCOCCC(C)C)C(=O)NC1=O. The van der Waals surface area contributed by atoms with Crippen molar-refractivity contribution in [3.63, 3.8) is 0 Å². The van der Waals surface area contributed by atoms with Crippen molar-refractivity contribution in [2.45, 2.75) is 33.6 Å². The number of carbonyl (C=O) groups is 2. The van der Waals surface area contributed by atoms with Crippen molar-refractivity contribution in [1.82, 2.24) is 5.32 Å². The molecule has 0 aromatic heterocycles. The monoisotopic (exact) mass is 225 g/mol. The van der Waals surface area contributed by atoms with Crippen LogP contribution in [-0.2, 0) is 14.3 Å². The summed E-state index contributed by atoms with van der Waals surface area (Å²) in [5, 5.41) is 2.27. The Bertz CT molecular complexity index is 318. The number of hydrogen-bond acceptors (Lipinski definition) is 3. The highest BCUT2D eigenvalue weighted by Gasteiger charge is 2.26. The smallest absolute Gasteiger partial charge is 0.254 e. The fraction of sp³-hybridized carbons (Fsp3) is 0.667. The summed E-state index contributed by atoms with van der Waals surface area (Å²) < 4.78 is 5.41. The first kappa shape index (κ1) is 12.9. The number of carbonyl (C=O) groups excluding carboxylic acids is 2. The average Bonchev–Trinajstić information content (AvgIpc) is 2.43. The Labute approximate surface area is 96.0 Å². The zero-order valence-electron chi connectivity index (χ0n) is 10.1. The fourth-order valence-electron chi connectivity index (χ4n) is 1.48. The molecule has 2 amide bonds. The first-order valence-electron chi connectivity index (χ1n) is 5.65. The Kier molecular flexibility index (Phi) is 4.68. The molecule has 1 rings (SSSR count). The van der Waals surface area contributed by atoms with E-state index in [-0.39, 0.29) is 11.8 Å². The Morgan fingerprint density at radius 1 is 1.19 bits per heavy atom. The molecule has 16 heavy (non-hydrogen) atoms. The lowest BCUT2D eigenvalue weighted by Gasteiger charge is -2.06. The van der Waals surface area contributed by atoms with Crippen LogP contribution in [0.5, 0.6) is 0 Å². The lowest BCUT2D eigenvalue weighted by molar-refractivity contribution is -0.124. The minimum atomic E-state index is -0.276. The molecule has 0 aromatic rings. The van der Waals surface area contributed by atoms with E-state index >= 15 is 0 Å². The van der Waals surface area contributed by atoms with Crippen molar-refractivity contribution < 1.29 is 14.3 Å². The standard InChI is InChI=1S/C12H19NO3/c1-8(2)4-6-16-7-5-10-9(3)11(14)13-12(10)15/h8H,4-7H2,1-3H3,(H,13,14,15). The third-order valence-corrected chi connectivity index (χ3v) is 2.63. The molecule has 0 saturated carbocycles. The van der Waals surface area contributed by atoms with Crippen LogP contribution in [0, 0.1) is 5.92 Å². The Morgan fingerprint density at radius 2 is 1.88 bits per heavy atom. The summed E-state index contributed by atoms with van der Waals surface area (Å²) >= 11 is 0. The Morgan fingerprint density at radius 3 is 2.38 bits per heavy atom. The van der Waals surface area contributed by atoms with Gasteiger partial charge in [-0.1, -0.05) is 13.8 Å². The van der Waals surface area contributed by atoms with Crippen LogP contribution >= 0.6 is 0 Å². The van der Waals surface area contributed by atoms with Gasteiger partial charge >= 0.3 is 0 Å². The van der Waals surface area contributed by atoms with Crippen molar-refractivity contribution in [1.29, 1.82) is 0 Å². The van der Waals surface area contributed by atoms with Gasteiger partial charge in [0.2, 0.25) is 0 Å². The molecule has 1 heterocycles. The summed E-state index contributed by atoms with van der Waals surface area (Å²) in [7, 11) is 0. The second-order valence-corrected chi connectivity index (χ2v) is 4.43. The molecule has 1 N–H and O–H groups in total. The third-order valence-electron chi connectivity index (χ3n) is 2.63. The van der Waals surface area contributed by atoms with Crippen LogP contribution in [0.25, 0.3) is 0 Å². The van der Waals surface area contributed by atoms with Gasteiger partial charge in [-0.3, -0.25) is 14.9 Å². The average molecular weight is 225 g/mol. The predicted molar refractivity (Wildman–Crippen MR) is 60.7 cm³/mol. The molecule has 4 heteroatoms. The number of amides is 2. The van der Waals surface area contributed by atoms with E-state index in [0.717, 1.165) is 6.42 Å². The van der Waals surface area contributed by atoms with Gasteiger partial charge in [0.15, 0.2) is 0 Å². The number of nitrogens with one attached hydrogen (secondary N) is 1. The van der Waals surface area contributed by atoms with E-state index in [0.29, 0.717) is 36.7 Å². The molecule has 0 saturated heterocycles. The van der Waals surface area contributed by atoms with E-state index in [1.165, 1.54) is 0 Å². The van der Waals surface area contributed by atoms with Crippen LogP contribution in [-0.4, -0.2) is 25.0 Å². The zero-order valence-corrected chi connectivity index (χ0v) is 10.1. The van der Waals surface area contributed by atoms with Crippen molar-refractivity contribution in [2.75, 3.05) is 13.2 Å². The number of rotatable bonds is 6. The second-order valence-electron chi connectivity index (χ2n) is 4.43. The highest BCUT2D eigenvalue weighted by Crippen LogP contribution is 2.15. The lowest BCUT2D eigenvalue weighted by Crippen LogP contribution is -2.23. The summed E-state index contributed by atoms with van der Waals surface area (Å²) in [5.41, 5.74) is 1.09. The molecule has 0 spiro atoms. The Balaban J connectivity index is 2.28. The van der Waals surface area contributed by atoms with Gasteiger partial charge in [0.25, 0.3) is 11.8 Å². The highest BCUT2D eigenvalue weighted by molar-refractivity contribution is 6.19. The van der Waals surface area contributed by atoms with Crippen molar-refractivity contribution in [3.8, 4) is 0 Å². The molecule has 4 nitrogen and oxygen atoms in total. The summed E-state index contributed by atoms with van der Waals surface area (Å²) in [4.78, 5) is 22.5. The predicted octanol–water partition coefficient (Wildman–Crippen LogP) is 1.41. The topological polar surface area (TPSA) is 55.4 Å². The van der Waals surface area contributed by atoms with Gasteiger partial charge in [-0.2, -0.15) is 0 Å². The summed E-state index contributed by atoms with van der Waals surface area (Å²) in [6, 6.07) is 0. The molecule has 0 unspecified atom stereocenters. The minimum Gasteiger partial charge on any atom is -0.381 e. The molecule has 1 aliphatic rings. The van der Waals surface area contributed by atoms with E-state index in [4.69, 9.17) is 4.74 Å². The molecular formula is C12H19NO3. The van der Waals surface area contributed by atoms with Crippen molar-refractivity contribution >= 4 is 11.8 Å². The number of hydrogen-bond donors (Lipinski definition) is 1. The first-order valence-corrected chi connectivity index (χ1v) is 5.65. The van der Waals surface area contributed by atoms with Gasteiger partial charge in [0, 0.05) is 24.2 Å².